The smallest absolute Gasteiger partial charge is 0.416 e. The van der Waals surface area contributed by atoms with Gasteiger partial charge in [-0.3, -0.25) is 0 Å². The molecule has 0 aliphatic carbocycles. The normalized spacial score (nSPS) is 11.5. The number of methoxy groups -OCH3 is 1. The highest BCUT2D eigenvalue weighted by atomic mass is 19.4. The van der Waals surface area contributed by atoms with Crippen molar-refractivity contribution >= 4 is 17.5 Å². The van der Waals surface area contributed by atoms with Crippen molar-refractivity contribution in [2.24, 2.45) is 5.92 Å². The fraction of sp³-hybridized carbons (Fsp3) is 0.273. The number of nitrogens with one attached hydrogen (secondary N) is 2. The third-order valence-corrected chi connectivity index (χ3v) is 4.63. The van der Waals surface area contributed by atoms with Crippen molar-refractivity contribution < 1.29 is 22.7 Å². The van der Waals surface area contributed by atoms with Crippen LogP contribution in [0.15, 0.2) is 48.5 Å². The lowest BCUT2D eigenvalue weighted by atomic mass is 10.1. The number of alkyl halides is 3. The summed E-state index contributed by atoms with van der Waals surface area (Å²) in [6, 6.07) is 10.9. The Morgan fingerprint density at radius 3 is 2.28 bits per heavy atom. The van der Waals surface area contributed by atoms with E-state index in [4.69, 9.17) is 10.5 Å². The minimum absolute atomic E-state index is 0.0790. The Labute approximate surface area is 183 Å². The van der Waals surface area contributed by atoms with Gasteiger partial charge in [-0.1, -0.05) is 13.8 Å². The molecule has 3 aromatic rings. The van der Waals surface area contributed by atoms with E-state index in [9.17, 15) is 18.0 Å². The second kappa shape index (κ2) is 9.21. The standard InChI is InChI=1S/C22H24F3N5O2/c1-13(2)12-27-21(31)28-19-18(14-4-10-17(32-3)11-5-14)29-30(20(19)26)16-8-6-15(7-9-16)22(23,24)25/h4-11,13H,12,26H2,1-3H3,(H2,27,28,31). The molecule has 0 aliphatic heterocycles. The summed E-state index contributed by atoms with van der Waals surface area (Å²) in [5, 5.41) is 9.93. The Bertz CT molecular complexity index is 1070. The first-order valence-electron chi connectivity index (χ1n) is 9.85. The van der Waals surface area contributed by atoms with Crippen molar-refractivity contribution in [1.82, 2.24) is 15.1 Å². The van der Waals surface area contributed by atoms with Crippen molar-refractivity contribution in [3.63, 3.8) is 0 Å². The molecule has 2 amide bonds. The van der Waals surface area contributed by atoms with Crippen molar-refractivity contribution in [3.05, 3.63) is 54.1 Å². The molecule has 32 heavy (non-hydrogen) atoms. The zero-order chi connectivity index (χ0) is 23.5. The number of benzene rings is 2. The maximum Gasteiger partial charge on any atom is 0.416 e. The summed E-state index contributed by atoms with van der Waals surface area (Å²) in [5.74, 6) is 0.956. The molecule has 0 fully saturated rings. The molecule has 10 heteroatoms. The van der Waals surface area contributed by atoms with E-state index in [1.807, 2.05) is 13.8 Å². The van der Waals surface area contributed by atoms with Crippen LogP contribution in [0.1, 0.15) is 19.4 Å². The number of anilines is 2. The maximum atomic E-state index is 12.9. The van der Waals surface area contributed by atoms with Gasteiger partial charge < -0.3 is 21.1 Å². The van der Waals surface area contributed by atoms with Crippen molar-refractivity contribution in [2.45, 2.75) is 20.0 Å². The van der Waals surface area contributed by atoms with Gasteiger partial charge in [-0.2, -0.15) is 18.3 Å². The van der Waals surface area contributed by atoms with E-state index in [1.165, 1.54) is 16.8 Å². The van der Waals surface area contributed by atoms with Crippen LogP contribution in [0.5, 0.6) is 5.75 Å². The zero-order valence-electron chi connectivity index (χ0n) is 17.8. The number of rotatable bonds is 6. The van der Waals surface area contributed by atoms with Crippen LogP contribution >= 0.6 is 0 Å². The minimum Gasteiger partial charge on any atom is -0.497 e. The molecule has 0 bridgehead atoms. The Morgan fingerprint density at radius 1 is 1.12 bits per heavy atom. The number of nitrogen functional groups attached to an aromatic ring is 1. The molecule has 170 valence electrons. The highest BCUT2D eigenvalue weighted by Crippen LogP contribution is 2.36. The van der Waals surface area contributed by atoms with Crippen LogP contribution in [0, 0.1) is 5.92 Å². The van der Waals surface area contributed by atoms with Gasteiger partial charge in [0.25, 0.3) is 0 Å². The largest absolute Gasteiger partial charge is 0.497 e. The number of aromatic nitrogens is 2. The molecule has 0 spiro atoms. The zero-order valence-corrected chi connectivity index (χ0v) is 17.8. The van der Waals surface area contributed by atoms with Gasteiger partial charge in [0.2, 0.25) is 0 Å². The SMILES string of the molecule is COc1ccc(-c2nn(-c3ccc(C(F)(F)F)cc3)c(N)c2NC(=O)NCC(C)C)cc1. The van der Waals surface area contributed by atoms with Gasteiger partial charge in [0.1, 0.15) is 17.1 Å². The van der Waals surface area contributed by atoms with Crippen LogP contribution in [0.4, 0.5) is 29.5 Å². The highest BCUT2D eigenvalue weighted by molar-refractivity contribution is 5.97. The number of amides is 2. The average Bonchev–Trinajstić information content (AvgIpc) is 3.08. The monoisotopic (exact) mass is 447 g/mol. The van der Waals surface area contributed by atoms with E-state index in [1.54, 1.807) is 31.4 Å². The molecule has 0 unspecified atom stereocenters. The number of nitrogens with zero attached hydrogens (tertiary/aromatic N) is 2. The van der Waals surface area contributed by atoms with E-state index in [-0.39, 0.29) is 17.4 Å². The molecular weight excluding hydrogens is 423 g/mol. The summed E-state index contributed by atoms with van der Waals surface area (Å²) in [7, 11) is 1.54. The lowest BCUT2D eigenvalue weighted by Gasteiger charge is -2.11. The molecule has 7 nitrogen and oxygen atoms in total. The molecule has 0 saturated heterocycles. The lowest BCUT2D eigenvalue weighted by Crippen LogP contribution is -2.32. The van der Waals surface area contributed by atoms with Gasteiger partial charge in [0.15, 0.2) is 5.82 Å². The van der Waals surface area contributed by atoms with Crippen LogP contribution < -0.4 is 21.1 Å². The topological polar surface area (TPSA) is 94.2 Å². The van der Waals surface area contributed by atoms with Gasteiger partial charge in [-0.05, 0) is 54.4 Å². The van der Waals surface area contributed by atoms with Crippen LogP contribution in [0.2, 0.25) is 0 Å². The molecule has 2 aromatic carbocycles. The molecule has 4 N–H and O–H groups in total. The van der Waals surface area contributed by atoms with E-state index in [0.29, 0.717) is 29.2 Å². The molecule has 0 radical (unpaired) electrons. The minimum atomic E-state index is -4.45. The molecule has 1 heterocycles. The quantitative estimate of drug-likeness (QED) is 0.500. The van der Waals surface area contributed by atoms with Gasteiger partial charge in [0.05, 0.1) is 18.4 Å². The van der Waals surface area contributed by atoms with Gasteiger partial charge in [0, 0.05) is 12.1 Å². The fourth-order valence-electron chi connectivity index (χ4n) is 2.95. The average molecular weight is 447 g/mol. The summed E-state index contributed by atoms with van der Waals surface area (Å²) >= 11 is 0. The van der Waals surface area contributed by atoms with E-state index in [2.05, 4.69) is 15.7 Å². The first-order chi connectivity index (χ1) is 15.1. The summed E-state index contributed by atoms with van der Waals surface area (Å²) in [6.45, 7) is 4.37. The van der Waals surface area contributed by atoms with Crippen LogP contribution in [-0.4, -0.2) is 29.5 Å². The third-order valence-electron chi connectivity index (χ3n) is 4.63. The van der Waals surface area contributed by atoms with Crippen LogP contribution in [-0.2, 0) is 6.18 Å². The van der Waals surface area contributed by atoms with Crippen molar-refractivity contribution in [2.75, 3.05) is 24.7 Å². The first kappa shape index (κ1) is 23.0. The van der Waals surface area contributed by atoms with Gasteiger partial charge in [-0.25, -0.2) is 9.48 Å². The lowest BCUT2D eigenvalue weighted by molar-refractivity contribution is -0.137. The second-order valence-electron chi connectivity index (χ2n) is 7.52. The molecule has 1 aromatic heterocycles. The van der Waals surface area contributed by atoms with Gasteiger partial charge >= 0.3 is 12.2 Å². The van der Waals surface area contributed by atoms with Crippen LogP contribution in [0.3, 0.4) is 0 Å². The molecule has 3 rings (SSSR count). The number of urea groups is 1. The van der Waals surface area contributed by atoms with Crippen molar-refractivity contribution in [3.8, 4) is 22.7 Å². The van der Waals surface area contributed by atoms with Gasteiger partial charge in [-0.15, -0.1) is 0 Å². The molecule has 0 saturated carbocycles. The predicted molar refractivity (Wildman–Crippen MR) is 117 cm³/mol. The second-order valence-corrected chi connectivity index (χ2v) is 7.52. The first-order valence-corrected chi connectivity index (χ1v) is 9.85. The number of carbonyl (C=O) groups excluding carboxylic acids is 1. The number of carbonyl (C=O) groups is 1. The van der Waals surface area contributed by atoms with E-state index in [0.717, 1.165) is 12.1 Å². The summed E-state index contributed by atoms with van der Waals surface area (Å²) in [6.07, 6.45) is -4.45. The Hall–Kier alpha value is -3.69. The molecular formula is C22H24F3N5O2. The number of hydrogen-bond donors (Lipinski definition) is 3. The third kappa shape index (κ3) is 5.13. The Morgan fingerprint density at radius 2 is 1.75 bits per heavy atom. The predicted octanol–water partition coefficient (Wildman–Crippen LogP) is 4.93. The maximum absolute atomic E-state index is 12.9. The number of ether oxygens (including phenoxy) is 1. The highest BCUT2D eigenvalue weighted by Gasteiger charge is 2.30. The van der Waals surface area contributed by atoms with E-state index < -0.39 is 17.8 Å². The summed E-state index contributed by atoms with van der Waals surface area (Å²) < 4.78 is 45.2. The molecule has 0 aliphatic rings. The number of nitrogens with two attached hydrogens (primary N) is 1. The number of hydrogen-bond acceptors (Lipinski definition) is 4. The fourth-order valence-corrected chi connectivity index (χ4v) is 2.95. The molecule has 0 atom stereocenters. The number of halogens is 3. The summed E-state index contributed by atoms with van der Waals surface area (Å²) in [5.41, 5.74) is 7.06. The Kier molecular flexibility index (Phi) is 6.61. The summed E-state index contributed by atoms with van der Waals surface area (Å²) in [4.78, 5) is 12.4. The van der Waals surface area contributed by atoms with Crippen LogP contribution in [0.25, 0.3) is 16.9 Å². The van der Waals surface area contributed by atoms with E-state index >= 15 is 0 Å². The Balaban J connectivity index is 2.03. The van der Waals surface area contributed by atoms with Crippen molar-refractivity contribution in [1.29, 1.82) is 0 Å².